The summed E-state index contributed by atoms with van der Waals surface area (Å²) in [5.74, 6) is 0.566. The number of aliphatic hydroxyl groups excluding tert-OH is 1. The molecular formula is C26H41N3O4. The Morgan fingerprint density at radius 2 is 1.85 bits per heavy atom. The average molecular weight is 460 g/mol. The highest BCUT2D eigenvalue weighted by Crippen LogP contribution is 2.55. The van der Waals surface area contributed by atoms with Gasteiger partial charge in [-0.05, 0) is 73.5 Å². The third kappa shape index (κ3) is 5.62. The predicted molar refractivity (Wildman–Crippen MR) is 129 cm³/mol. The second kappa shape index (κ2) is 10.8. The number of methoxy groups -OCH3 is 1. The Morgan fingerprint density at radius 3 is 2.48 bits per heavy atom. The van der Waals surface area contributed by atoms with Crippen molar-refractivity contribution in [3.8, 4) is 5.75 Å². The molecule has 1 aromatic carbocycles. The number of urea groups is 1. The molecule has 4 N–H and O–H groups in total. The minimum Gasteiger partial charge on any atom is -0.497 e. The van der Waals surface area contributed by atoms with Crippen LogP contribution in [-0.2, 0) is 11.3 Å². The summed E-state index contributed by atoms with van der Waals surface area (Å²) in [5, 5.41) is 20.4. The lowest BCUT2D eigenvalue weighted by Gasteiger charge is -2.56. The zero-order chi connectivity index (χ0) is 24.2. The van der Waals surface area contributed by atoms with Crippen LogP contribution >= 0.6 is 0 Å². The summed E-state index contributed by atoms with van der Waals surface area (Å²) in [4.78, 5) is 25.1. The Labute approximate surface area is 198 Å². The van der Waals surface area contributed by atoms with Gasteiger partial charge in [-0.1, -0.05) is 32.9 Å². The molecule has 7 nitrogen and oxygen atoms in total. The molecule has 0 spiro atoms. The third-order valence-electron chi connectivity index (χ3n) is 8.22. The Balaban J connectivity index is 1.64. The van der Waals surface area contributed by atoms with Crippen molar-refractivity contribution in [3.05, 3.63) is 29.8 Å². The smallest absolute Gasteiger partial charge is 0.315 e. The number of carbonyl (C=O) groups excluding carboxylic acids is 2. The lowest BCUT2D eigenvalue weighted by atomic mass is 9.52. The Bertz CT molecular complexity index is 814. The fourth-order valence-electron chi connectivity index (χ4n) is 6.17. The van der Waals surface area contributed by atoms with Crippen LogP contribution in [0, 0.1) is 29.1 Å². The lowest BCUT2D eigenvalue weighted by molar-refractivity contribution is -0.142. The summed E-state index contributed by atoms with van der Waals surface area (Å²) < 4.78 is 5.18. The Kier molecular flexibility index (Phi) is 8.27. The second-order valence-corrected chi connectivity index (χ2v) is 10.2. The van der Waals surface area contributed by atoms with Gasteiger partial charge in [0.05, 0.1) is 13.2 Å². The fraction of sp³-hybridized carbons (Fsp3) is 0.692. The average Bonchev–Trinajstić information content (AvgIpc) is 2.79. The highest BCUT2D eigenvalue weighted by molar-refractivity contribution is 5.78. The maximum absolute atomic E-state index is 13.0. The van der Waals surface area contributed by atoms with Crippen molar-refractivity contribution in [2.24, 2.45) is 29.1 Å². The van der Waals surface area contributed by atoms with Crippen molar-refractivity contribution in [1.82, 2.24) is 16.0 Å². The Morgan fingerprint density at radius 1 is 1.18 bits per heavy atom. The Hall–Kier alpha value is -2.28. The van der Waals surface area contributed by atoms with E-state index in [9.17, 15) is 14.7 Å². The van der Waals surface area contributed by atoms with E-state index < -0.39 is 6.10 Å². The molecule has 184 valence electrons. The first kappa shape index (κ1) is 25.3. The zero-order valence-electron chi connectivity index (χ0n) is 20.7. The zero-order valence-corrected chi connectivity index (χ0v) is 20.7. The highest BCUT2D eigenvalue weighted by Gasteiger charge is 2.53. The van der Waals surface area contributed by atoms with Gasteiger partial charge in [-0.15, -0.1) is 0 Å². The number of carbonyl (C=O) groups is 2. The van der Waals surface area contributed by atoms with Crippen molar-refractivity contribution in [2.45, 2.75) is 72.1 Å². The molecule has 0 saturated heterocycles. The van der Waals surface area contributed by atoms with E-state index in [-0.39, 0.29) is 47.1 Å². The number of aliphatic hydroxyl groups is 1. The van der Waals surface area contributed by atoms with Gasteiger partial charge in [0, 0.05) is 25.0 Å². The summed E-state index contributed by atoms with van der Waals surface area (Å²) in [5.41, 5.74) is 1.04. The van der Waals surface area contributed by atoms with E-state index in [1.54, 1.807) is 7.11 Å². The number of ether oxygens (including phenoxy) is 1. The highest BCUT2D eigenvalue weighted by atomic mass is 16.5. The lowest BCUT2D eigenvalue weighted by Crippen LogP contribution is -2.59. The summed E-state index contributed by atoms with van der Waals surface area (Å²) in [6, 6.07) is 7.53. The molecule has 3 rings (SSSR count). The molecular weight excluding hydrogens is 418 g/mol. The molecule has 0 aliphatic heterocycles. The molecule has 2 aliphatic rings. The van der Waals surface area contributed by atoms with Crippen LogP contribution in [-0.4, -0.2) is 42.8 Å². The first-order valence-electron chi connectivity index (χ1n) is 12.3. The van der Waals surface area contributed by atoms with E-state index in [0.29, 0.717) is 13.1 Å². The van der Waals surface area contributed by atoms with E-state index in [1.165, 1.54) is 0 Å². The minimum absolute atomic E-state index is 0.0288. The van der Waals surface area contributed by atoms with E-state index in [4.69, 9.17) is 4.74 Å². The molecule has 7 atom stereocenters. The standard InChI is InChI=1S/C26H41N3O4/c1-6-27-25(32)29-21-12-14-26(4)13-11-20(23(30)22(26)17(21)3)16(2)24(31)28-15-18-7-9-19(33-5)10-8-18/h7-10,16-17,20-23,30H,6,11-15H2,1-5H3,(H,28,31)(H2,27,29,32)/t16-,17+,20+,21+,22+,23-,26+/m0/s1. The maximum Gasteiger partial charge on any atom is 0.315 e. The number of nitrogens with one attached hydrogen (secondary N) is 3. The van der Waals surface area contributed by atoms with Crippen LogP contribution in [0.4, 0.5) is 4.79 Å². The van der Waals surface area contributed by atoms with Crippen LogP contribution in [0.3, 0.4) is 0 Å². The molecule has 0 radical (unpaired) electrons. The number of hydrogen-bond acceptors (Lipinski definition) is 4. The van der Waals surface area contributed by atoms with Crippen LogP contribution in [0.25, 0.3) is 0 Å². The number of amides is 3. The number of benzene rings is 1. The van der Waals surface area contributed by atoms with Crippen LogP contribution in [0.2, 0.25) is 0 Å². The van der Waals surface area contributed by atoms with E-state index in [2.05, 4.69) is 29.8 Å². The molecule has 0 heterocycles. The molecule has 33 heavy (non-hydrogen) atoms. The third-order valence-corrected chi connectivity index (χ3v) is 8.22. The molecule has 0 bridgehead atoms. The van der Waals surface area contributed by atoms with Gasteiger partial charge in [-0.25, -0.2) is 4.79 Å². The SMILES string of the molecule is CCNC(=O)N[C@@H]1CC[C@@]2(C)CC[C@H]([C@H](C)C(=O)NCc3ccc(OC)cc3)[C@H](O)[C@H]2[C@@H]1C. The van der Waals surface area contributed by atoms with Gasteiger partial charge in [0.15, 0.2) is 0 Å². The maximum atomic E-state index is 13.0. The summed E-state index contributed by atoms with van der Waals surface area (Å²) >= 11 is 0. The van der Waals surface area contributed by atoms with Gasteiger partial charge in [0.2, 0.25) is 5.91 Å². The second-order valence-electron chi connectivity index (χ2n) is 10.2. The molecule has 3 amide bonds. The van der Waals surface area contributed by atoms with Gasteiger partial charge in [-0.2, -0.15) is 0 Å². The minimum atomic E-state index is -0.570. The monoisotopic (exact) mass is 459 g/mol. The van der Waals surface area contributed by atoms with Gasteiger partial charge >= 0.3 is 6.03 Å². The first-order valence-corrected chi connectivity index (χ1v) is 12.3. The fourth-order valence-corrected chi connectivity index (χ4v) is 6.17. The van der Waals surface area contributed by atoms with E-state index >= 15 is 0 Å². The summed E-state index contributed by atoms with van der Waals surface area (Å²) in [7, 11) is 1.63. The van der Waals surface area contributed by atoms with Crippen molar-refractivity contribution in [2.75, 3.05) is 13.7 Å². The van der Waals surface area contributed by atoms with Crippen molar-refractivity contribution in [3.63, 3.8) is 0 Å². The van der Waals surface area contributed by atoms with E-state index in [0.717, 1.165) is 37.0 Å². The molecule has 0 unspecified atom stereocenters. The predicted octanol–water partition coefficient (Wildman–Crippen LogP) is 3.46. The van der Waals surface area contributed by atoms with Crippen molar-refractivity contribution >= 4 is 11.9 Å². The molecule has 0 aromatic heterocycles. The van der Waals surface area contributed by atoms with Crippen LogP contribution in [0.15, 0.2) is 24.3 Å². The molecule has 2 aliphatic carbocycles. The largest absolute Gasteiger partial charge is 0.497 e. The number of rotatable bonds is 7. The normalized spacial score (nSPS) is 32.2. The molecule has 1 aromatic rings. The molecule has 7 heteroatoms. The van der Waals surface area contributed by atoms with Crippen molar-refractivity contribution in [1.29, 1.82) is 0 Å². The molecule has 2 fully saturated rings. The summed E-state index contributed by atoms with van der Waals surface area (Å²) in [6.45, 7) is 9.27. The number of hydrogen-bond donors (Lipinski definition) is 4. The summed E-state index contributed by atoms with van der Waals surface area (Å²) in [6.07, 6.45) is 3.15. The first-order chi connectivity index (χ1) is 15.7. The van der Waals surface area contributed by atoms with Gasteiger partial charge in [0.1, 0.15) is 5.75 Å². The van der Waals surface area contributed by atoms with Crippen LogP contribution in [0.1, 0.15) is 58.9 Å². The van der Waals surface area contributed by atoms with E-state index in [1.807, 2.05) is 38.1 Å². The van der Waals surface area contributed by atoms with Gasteiger partial charge in [0.25, 0.3) is 0 Å². The van der Waals surface area contributed by atoms with Gasteiger partial charge in [-0.3, -0.25) is 4.79 Å². The van der Waals surface area contributed by atoms with Crippen molar-refractivity contribution < 1.29 is 19.4 Å². The topological polar surface area (TPSA) is 99.7 Å². The molecule has 2 saturated carbocycles. The van der Waals surface area contributed by atoms with Gasteiger partial charge < -0.3 is 25.8 Å². The quantitative estimate of drug-likeness (QED) is 0.502. The van der Waals surface area contributed by atoms with Crippen LogP contribution in [0.5, 0.6) is 5.75 Å². The number of fused-ring (bicyclic) bond motifs is 1. The van der Waals surface area contributed by atoms with Crippen LogP contribution < -0.4 is 20.7 Å².